The van der Waals surface area contributed by atoms with Crippen LogP contribution in [0.25, 0.3) is 10.8 Å². The third-order valence-electron chi connectivity index (χ3n) is 5.20. The molecule has 3 aromatic rings. The van der Waals surface area contributed by atoms with Crippen LogP contribution >= 0.6 is 12.4 Å². The lowest BCUT2D eigenvalue weighted by atomic mass is 10.0. The SMILES string of the molecule is Cl.O=C(c1n[nH]c(=O)c2ccccc12)N(Cc1ccccn1)C1CCCNCC1. The standard InChI is InChI=1S/C21H23N5O2.ClH/c27-20-18-9-2-1-8-17(18)19(24-25-20)21(28)26(14-15-6-3-4-12-23-15)16-7-5-11-22-13-10-16;/h1-4,6,8-9,12,16,22H,5,7,10-11,13-14H2,(H,25,27);1H. The van der Waals surface area contributed by atoms with Crippen LogP contribution in [-0.2, 0) is 6.54 Å². The minimum Gasteiger partial charge on any atom is -0.328 e. The molecule has 0 bridgehead atoms. The monoisotopic (exact) mass is 413 g/mol. The van der Waals surface area contributed by atoms with Gasteiger partial charge in [0, 0.05) is 17.6 Å². The van der Waals surface area contributed by atoms with Crippen LogP contribution in [0.3, 0.4) is 0 Å². The van der Waals surface area contributed by atoms with E-state index in [0.29, 0.717) is 17.3 Å². The van der Waals surface area contributed by atoms with E-state index in [0.717, 1.165) is 38.0 Å². The van der Waals surface area contributed by atoms with Gasteiger partial charge in [-0.05, 0) is 50.6 Å². The molecule has 8 heteroatoms. The summed E-state index contributed by atoms with van der Waals surface area (Å²) >= 11 is 0. The zero-order chi connectivity index (χ0) is 19.3. The summed E-state index contributed by atoms with van der Waals surface area (Å²) in [4.78, 5) is 31.9. The number of rotatable bonds is 4. The second kappa shape index (κ2) is 9.62. The molecule has 1 unspecified atom stereocenters. The van der Waals surface area contributed by atoms with Crippen molar-refractivity contribution in [1.82, 2.24) is 25.4 Å². The number of carbonyl (C=O) groups excluding carboxylic acids is 1. The smallest absolute Gasteiger partial charge is 0.275 e. The van der Waals surface area contributed by atoms with Crippen molar-refractivity contribution < 1.29 is 4.79 Å². The summed E-state index contributed by atoms with van der Waals surface area (Å²) in [6, 6.07) is 12.9. The molecule has 2 aromatic heterocycles. The van der Waals surface area contributed by atoms with E-state index in [1.54, 1.807) is 24.4 Å². The van der Waals surface area contributed by atoms with E-state index in [1.807, 2.05) is 29.2 Å². The number of benzene rings is 1. The summed E-state index contributed by atoms with van der Waals surface area (Å²) in [6.45, 7) is 2.25. The fourth-order valence-corrected chi connectivity index (χ4v) is 3.76. The van der Waals surface area contributed by atoms with Crippen molar-refractivity contribution in [1.29, 1.82) is 0 Å². The van der Waals surface area contributed by atoms with Crippen LogP contribution in [0.2, 0.25) is 0 Å². The molecule has 7 nitrogen and oxygen atoms in total. The van der Waals surface area contributed by atoms with Gasteiger partial charge in [-0.1, -0.05) is 24.3 Å². The first kappa shape index (κ1) is 21.0. The normalized spacial score (nSPS) is 16.6. The lowest BCUT2D eigenvalue weighted by Crippen LogP contribution is -2.41. The molecule has 1 saturated heterocycles. The van der Waals surface area contributed by atoms with E-state index in [-0.39, 0.29) is 35.6 Å². The summed E-state index contributed by atoms with van der Waals surface area (Å²) in [5.41, 5.74) is 0.826. The number of aromatic amines is 1. The molecule has 1 aromatic carbocycles. The van der Waals surface area contributed by atoms with Gasteiger partial charge < -0.3 is 10.2 Å². The summed E-state index contributed by atoms with van der Waals surface area (Å²) in [6.07, 6.45) is 4.55. The van der Waals surface area contributed by atoms with Crippen molar-refractivity contribution in [3.05, 3.63) is 70.4 Å². The second-order valence-corrected chi connectivity index (χ2v) is 7.04. The number of aromatic nitrogens is 3. The molecule has 0 spiro atoms. The molecule has 1 atom stereocenters. The van der Waals surface area contributed by atoms with Crippen molar-refractivity contribution in [2.45, 2.75) is 31.8 Å². The molecule has 1 aliphatic heterocycles. The van der Waals surface area contributed by atoms with E-state index < -0.39 is 0 Å². The number of hydrogen-bond donors (Lipinski definition) is 2. The van der Waals surface area contributed by atoms with Crippen LogP contribution in [0.4, 0.5) is 0 Å². The zero-order valence-corrected chi connectivity index (χ0v) is 16.8. The van der Waals surface area contributed by atoms with E-state index in [9.17, 15) is 9.59 Å². The maximum absolute atomic E-state index is 13.6. The third kappa shape index (κ3) is 4.63. The predicted octanol–water partition coefficient (Wildman–Crippen LogP) is 2.52. The highest BCUT2D eigenvalue weighted by Gasteiger charge is 2.28. The quantitative estimate of drug-likeness (QED) is 0.685. The molecule has 0 radical (unpaired) electrons. The van der Waals surface area contributed by atoms with E-state index >= 15 is 0 Å². The summed E-state index contributed by atoms with van der Waals surface area (Å²) in [5.74, 6) is -0.176. The van der Waals surface area contributed by atoms with Crippen molar-refractivity contribution >= 4 is 29.1 Å². The third-order valence-corrected chi connectivity index (χ3v) is 5.20. The van der Waals surface area contributed by atoms with Crippen LogP contribution < -0.4 is 10.9 Å². The number of nitrogens with zero attached hydrogens (tertiary/aromatic N) is 3. The van der Waals surface area contributed by atoms with Gasteiger partial charge in [-0.2, -0.15) is 5.10 Å². The van der Waals surface area contributed by atoms with Gasteiger partial charge in [0.15, 0.2) is 5.69 Å². The first-order chi connectivity index (χ1) is 13.7. The number of hydrogen-bond acceptors (Lipinski definition) is 5. The number of carbonyl (C=O) groups is 1. The van der Waals surface area contributed by atoms with Crippen LogP contribution in [0, 0.1) is 0 Å². The maximum atomic E-state index is 13.6. The van der Waals surface area contributed by atoms with Crippen LogP contribution in [0.1, 0.15) is 35.4 Å². The minimum atomic E-state index is -0.290. The molecular formula is C21H24ClN5O2. The molecule has 29 heavy (non-hydrogen) atoms. The van der Waals surface area contributed by atoms with Gasteiger partial charge in [0.05, 0.1) is 17.6 Å². The number of fused-ring (bicyclic) bond motifs is 1. The Kier molecular flexibility index (Phi) is 6.95. The van der Waals surface area contributed by atoms with Gasteiger partial charge in [0.25, 0.3) is 11.5 Å². The van der Waals surface area contributed by atoms with Crippen LogP contribution in [0.15, 0.2) is 53.5 Å². The molecule has 1 fully saturated rings. The Balaban J connectivity index is 0.00000240. The fourth-order valence-electron chi connectivity index (χ4n) is 3.76. The zero-order valence-electron chi connectivity index (χ0n) is 16.0. The topological polar surface area (TPSA) is 91.0 Å². The molecular weight excluding hydrogens is 390 g/mol. The molecule has 0 saturated carbocycles. The Morgan fingerprint density at radius 1 is 1.07 bits per heavy atom. The first-order valence-electron chi connectivity index (χ1n) is 9.63. The average Bonchev–Trinajstić information content (AvgIpc) is 3.02. The summed E-state index contributed by atoms with van der Waals surface area (Å²) < 4.78 is 0. The lowest BCUT2D eigenvalue weighted by molar-refractivity contribution is 0.0637. The molecule has 2 N–H and O–H groups in total. The molecule has 1 aliphatic rings. The number of halogens is 1. The van der Waals surface area contributed by atoms with Gasteiger partial charge >= 0.3 is 0 Å². The Hall–Kier alpha value is -2.77. The highest BCUT2D eigenvalue weighted by Crippen LogP contribution is 2.21. The molecule has 3 heterocycles. The average molecular weight is 414 g/mol. The Morgan fingerprint density at radius 3 is 2.66 bits per heavy atom. The van der Waals surface area contributed by atoms with Crippen LogP contribution in [0.5, 0.6) is 0 Å². The number of amides is 1. The Bertz CT molecular complexity index is 1020. The Morgan fingerprint density at radius 2 is 1.86 bits per heavy atom. The first-order valence-corrected chi connectivity index (χ1v) is 9.63. The molecule has 0 aliphatic carbocycles. The summed E-state index contributed by atoms with van der Waals surface area (Å²) in [7, 11) is 0. The van der Waals surface area contributed by atoms with E-state index in [1.165, 1.54) is 0 Å². The number of nitrogens with one attached hydrogen (secondary N) is 2. The van der Waals surface area contributed by atoms with Crippen molar-refractivity contribution in [2.75, 3.05) is 13.1 Å². The summed E-state index contributed by atoms with van der Waals surface area (Å²) in [5, 5.41) is 11.0. The van der Waals surface area contributed by atoms with Gasteiger partial charge in [-0.3, -0.25) is 14.6 Å². The van der Waals surface area contributed by atoms with Crippen molar-refractivity contribution in [3.63, 3.8) is 0 Å². The van der Waals surface area contributed by atoms with Gasteiger partial charge in [-0.25, -0.2) is 5.10 Å². The van der Waals surface area contributed by atoms with Crippen molar-refractivity contribution in [3.8, 4) is 0 Å². The van der Waals surface area contributed by atoms with Gasteiger partial charge in [0.1, 0.15) is 0 Å². The highest BCUT2D eigenvalue weighted by atomic mass is 35.5. The largest absolute Gasteiger partial charge is 0.328 e. The fraction of sp³-hybridized carbons (Fsp3) is 0.333. The lowest BCUT2D eigenvalue weighted by Gasteiger charge is -2.31. The minimum absolute atomic E-state index is 0. The number of H-pyrrole nitrogens is 1. The number of pyridine rings is 1. The molecule has 4 rings (SSSR count). The predicted molar refractivity (Wildman–Crippen MR) is 114 cm³/mol. The van der Waals surface area contributed by atoms with E-state index in [2.05, 4.69) is 20.5 Å². The van der Waals surface area contributed by atoms with E-state index in [4.69, 9.17) is 0 Å². The molecule has 152 valence electrons. The highest BCUT2D eigenvalue weighted by molar-refractivity contribution is 6.04. The van der Waals surface area contributed by atoms with Gasteiger partial charge in [-0.15, -0.1) is 12.4 Å². The maximum Gasteiger partial charge on any atom is 0.275 e. The van der Waals surface area contributed by atoms with Gasteiger partial charge in [0.2, 0.25) is 0 Å². The van der Waals surface area contributed by atoms with Crippen molar-refractivity contribution in [2.24, 2.45) is 0 Å². The molecule has 1 amide bonds. The Labute approximate surface area is 174 Å². The second-order valence-electron chi connectivity index (χ2n) is 7.04. The van der Waals surface area contributed by atoms with Crippen LogP contribution in [-0.4, -0.2) is 45.1 Å².